The van der Waals surface area contributed by atoms with E-state index in [9.17, 15) is 4.79 Å². The van der Waals surface area contributed by atoms with Crippen LogP contribution in [0.4, 0.5) is 0 Å². The molecule has 4 heterocycles. The van der Waals surface area contributed by atoms with Crippen LogP contribution in [-0.4, -0.2) is 64.5 Å². The van der Waals surface area contributed by atoms with Crippen molar-refractivity contribution in [1.29, 1.82) is 0 Å². The topological polar surface area (TPSA) is 61.5 Å². The molecule has 2 aromatic heterocycles. The van der Waals surface area contributed by atoms with Crippen molar-refractivity contribution in [1.82, 2.24) is 19.8 Å². The first kappa shape index (κ1) is 19.3. The number of likely N-dealkylation sites (tertiary alicyclic amines) is 2. The van der Waals surface area contributed by atoms with Crippen molar-refractivity contribution in [3.63, 3.8) is 0 Å². The maximum Gasteiger partial charge on any atom is 0.270 e. The first-order valence-corrected chi connectivity index (χ1v) is 10.7. The summed E-state index contributed by atoms with van der Waals surface area (Å²) in [4.78, 5) is 24.7. The van der Waals surface area contributed by atoms with Crippen molar-refractivity contribution < 1.29 is 9.53 Å². The average Bonchev–Trinajstić information content (AvgIpc) is 3.18. The van der Waals surface area contributed by atoms with Crippen molar-refractivity contribution in [3.05, 3.63) is 66.1 Å². The van der Waals surface area contributed by atoms with Crippen LogP contribution < -0.4 is 0 Å². The summed E-state index contributed by atoms with van der Waals surface area (Å²) in [6, 6.07) is 14.0. The van der Waals surface area contributed by atoms with Crippen molar-refractivity contribution >= 4 is 16.8 Å². The first-order chi connectivity index (χ1) is 14.6. The molecule has 2 fully saturated rings. The Morgan fingerprint density at radius 3 is 2.83 bits per heavy atom. The molecule has 3 aromatic rings. The Kier molecular flexibility index (Phi) is 5.05. The number of carbonyl (C=O) groups excluding carboxylic acids is 1. The second-order valence-electron chi connectivity index (χ2n) is 8.81. The highest BCUT2D eigenvalue weighted by Crippen LogP contribution is 2.39. The molecule has 5 rings (SSSR count). The number of nitrogens with one attached hydrogen (secondary N) is 1. The molecule has 1 amide bonds. The Hall–Kier alpha value is -2.70. The van der Waals surface area contributed by atoms with Gasteiger partial charge in [0.05, 0.1) is 12.1 Å². The summed E-state index contributed by atoms with van der Waals surface area (Å²) >= 11 is 0. The molecule has 0 aliphatic carbocycles. The molecule has 0 radical (unpaired) electrons. The van der Waals surface area contributed by atoms with Crippen LogP contribution in [0.2, 0.25) is 0 Å². The number of pyridine rings is 1. The predicted octanol–water partition coefficient (Wildman–Crippen LogP) is 3.32. The van der Waals surface area contributed by atoms with E-state index in [-0.39, 0.29) is 11.4 Å². The standard InChI is InChI=1S/C24H28N4O2/c1-27-11-8-19(15-30-14-18-6-9-25-10-7-18)13-24(27)16-28(17-24)23(29)22-12-20-4-2-3-5-21(20)26-22/h2-7,9-10,12,19,26H,8,11,13-17H2,1H3. The van der Waals surface area contributed by atoms with Crippen molar-refractivity contribution in [2.45, 2.75) is 25.0 Å². The van der Waals surface area contributed by atoms with Gasteiger partial charge in [-0.2, -0.15) is 0 Å². The minimum absolute atomic E-state index is 0.0879. The number of ether oxygens (including phenoxy) is 1. The largest absolute Gasteiger partial charge is 0.376 e. The van der Waals surface area contributed by atoms with E-state index in [1.54, 1.807) is 12.4 Å². The quantitative estimate of drug-likeness (QED) is 0.709. The molecule has 1 aromatic carbocycles. The van der Waals surface area contributed by atoms with Crippen LogP contribution >= 0.6 is 0 Å². The van der Waals surface area contributed by atoms with Crippen LogP contribution in [0, 0.1) is 5.92 Å². The van der Waals surface area contributed by atoms with E-state index < -0.39 is 0 Å². The zero-order chi connectivity index (χ0) is 20.6. The van der Waals surface area contributed by atoms with Gasteiger partial charge in [0, 0.05) is 43.0 Å². The van der Waals surface area contributed by atoms with Crippen LogP contribution in [-0.2, 0) is 11.3 Å². The summed E-state index contributed by atoms with van der Waals surface area (Å²) in [6.45, 7) is 4.04. The molecule has 0 bridgehead atoms. The highest BCUT2D eigenvalue weighted by atomic mass is 16.5. The Bertz CT molecular complexity index is 993. The summed E-state index contributed by atoms with van der Waals surface area (Å²) in [6.07, 6.45) is 5.83. The number of hydrogen-bond donors (Lipinski definition) is 1. The van der Waals surface area contributed by atoms with E-state index in [0.717, 1.165) is 55.5 Å². The normalized spacial score (nSPS) is 21.1. The highest BCUT2D eigenvalue weighted by Gasteiger charge is 2.51. The van der Waals surface area contributed by atoms with Crippen LogP contribution in [0.15, 0.2) is 54.9 Å². The fraction of sp³-hybridized carbons (Fsp3) is 0.417. The van der Waals surface area contributed by atoms with Gasteiger partial charge >= 0.3 is 0 Å². The van der Waals surface area contributed by atoms with Gasteiger partial charge in [-0.25, -0.2) is 0 Å². The van der Waals surface area contributed by atoms with E-state index in [0.29, 0.717) is 18.2 Å². The number of hydrogen-bond acceptors (Lipinski definition) is 4. The molecule has 2 aliphatic rings. The summed E-state index contributed by atoms with van der Waals surface area (Å²) in [5.74, 6) is 0.634. The lowest BCUT2D eigenvalue weighted by atomic mass is 9.75. The molecule has 1 unspecified atom stereocenters. The summed E-state index contributed by atoms with van der Waals surface area (Å²) < 4.78 is 6.00. The second kappa shape index (κ2) is 7.85. The SMILES string of the molecule is CN1CCC(COCc2ccncc2)CC12CN(C(=O)c1cc3ccccc3[nH]1)C2. The lowest BCUT2D eigenvalue weighted by Gasteiger charge is -2.58. The minimum atomic E-state index is 0.0879. The van der Waals surface area contributed by atoms with Gasteiger partial charge < -0.3 is 14.6 Å². The molecule has 1 spiro atoms. The fourth-order valence-electron chi connectivity index (χ4n) is 4.91. The number of piperidine rings is 1. The van der Waals surface area contributed by atoms with Crippen LogP contribution in [0.25, 0.3) is 10.9 Å². The first-order valence-electron chi connectivity index (χ1n) is 10.7. The van der Waals surface area contributed by atoms with Gasteiger partial charge in [0.1, 0.15) is 5.69 Å². The smallest absolute Gasteiger partial charge is 0.270 e. The molecule has 6 nitrogen and oxygen atoms in total. The van der Waals surface area contributed by atoms with E-state index in [4.69, 9.17) is 4.74 Å². The number of amides is 1. The Morgan fingerprint density at radius 1 is 1.23 bits per heavy atom. The van der Waals surface area contributed by atoms with Gasteiger partial charge in [-0.05, 0) is 62.2 Å². The number of nitrogens with zero attached hydrogens (tertiary/aromatic N) is 3. The zero-order valence-corrected chi connectivity index (χ0v) is 17.4. The predicted molar refractivity (Wildman–Crippen MR) is 116 cm³/mol. The van der Waals surface area contributed by atoms with Gasteiger partial charge in [-0.15, -0.1) is 0 Å². The minimum Gasteiger partial charge on any atom is -0.376 e. The number of aromatic amines is 1. The van der Waals surface area contributed by atoms with Crippen molar-refractivity contribution in [3.8, 4) is 0 Å². The molecule has 1 N–H and O–H groups in total. The molecular weight excluding hydrogens is 376 g/mol. The molecule has 2 saturated heterocycles. The number of rotatable bonds is 5. The molecule has 0 saturated carbocycles. The van der Waals surface area contributed by atoms with Gasteiger partial charge in [0.15, 0.2) is 0 Å². The van der Waals surface area contributed by atoms with Crippen LogP contribution in [0.5, 0.6) is 0 Å². The number of fused-ring (bicyclic) bond motifs is 1. The summed E-state index contributed by atoms with van der Waals surface area (Å²) in [7, 11) is 2.19. The highest BCUT2D eigenvalue weighted by molar-refractivity contribution is 5.98. The third kappa shape index (κ3) is 3.61. The third-order valence-corrected chi connectivity index (χ3v) is 6.74. The van der Waals surface area contributed by atoms with Gasteiger partial charge in [-0.3, -0.25) is 14.7 Å². The lowest BCUT2D eigenvalue weighted by molar-refractivity contribution is -0.0769. The van der Waals surface area contributed by atoms with Crippen LogP contribution in [0.1, 0.15) is 28.9 Å². The van der Waals surface area contributed by atoms with E-state index >= 15 is 0 Å². The van der Waals surface area contributed by atoms with E-state index in [2.05, 4.69) is 21.9 Å². The number of carbonyl (C=O) groups is 1. The monoisotopic (exact) mass is 404 g/mol. The number of H-pyrrole nitrogens is 1. The van der Waals surface area contributed by atoms with Gasteiger partial charge in [-0.1, -0.05) is 18.2 Å². The third-order valence-electron chi connectivity index (χ3n) is 6.74. The fourth-order valence-corrected chi connectivity index (χ4v) is 4.91. The number of para-hydroxylation sites is 1. The lowest BCUT2D eigenvalue weighted by Crippen LogP contribution is -2.72. The number of benzene rings is 1. The maximum absolute atomic E-state index is 13.0. The number of aromatic nitrogens is 2. The second-order valence-corrected chi connectivity index (χ2v) is 8.81. The van der Waals surface area contributed by atoms with Gasteiger partial charge in [0.25, 0.3) is 5.91 Å². The molecule has 2 aliphatic heterocycles. The Balaban J connectivity index is 1.18. The van der Waals surface area contributed by atoms with E-state index in [1.165, 1.54) is 0 Å². The van der Waals surface area contributed by atoms with Crippen molar-refractivity contribution in [2.75, 3.05) is 33.3 Å². The zero-order valence-electron chi connectivity index (χ0n) is 17.4. The molecule has 1 atom stereocenters. The molecular formula is C24H28N4O2. The van der Waals surface area contributed by atoms with Crippen LogP contribution in [0.3, 0.4) is 0 Å². The molecule has 6 heteroatoms. The molecule has 30 heavy (non-hydrogen) atoms. The Labute approximate surface area is 176 Å². The number of likely N-dealkylation sites (N-methyl/N-ethyl adjacent to an activating group) is 1. The van der Waals surface area contributed by atoms with E-state index in [1.807, 2.05) is 47.4 Å². The van der Waals surface area contributed by atoms with Gasteiger partial charge in [0.2, 0.25) is 0 Å². The summed E-state index contributed by atoms with van der Waals surface area (Å²) in [5, 5.41) is 1.08. The summed E-state index contributed by atoms with van der Waals surface area (Å²) in [5.41, 5.74) is 2.94. The molecule has 156 valence electrons. The average molecular weight is 405 g/mol. The maximum atomic E-state index is 13.0. The van der Waals surface area contributed by atoms with Crippen molar-refractivity contribution in [2.24, 2.45) is 5.92 Å². The Morgan fingerprint density at radius 2 is 2.03 bits per heavy atom.